The van der Waals surface area contributed by atoms with Crippen LogP contribution in [0.15, 0.2) is 54.6 Å². The molecule has 3 aromatic rings. The van der Waals surface area contributed by atoms with Gasteiger partial charge in [0.1, 0.15) is 5.75 Å². The molecule has 0 unspecified atom stereocenters. The first-order chi connectivity index (χ1) is 15.0. The van der Waals surface area contributed by atoms with E-state index in [9.17, 15) is 14.7 Å². The van der Waals surface area contributed by atoms with E-state index in [2.05, 4.69) is 10.2 Å². The Morgan fingerprint density at radius 3 is 2.35 bits per heavy atom. The molecule has 3 aromatic carbocycles. The van der Waals surface area contributed by atoms with Crippen molar-refractivity contribution in [2.75, 3.05) is 33.0 Å². The van der Waals surface area contributed by atoms with Gasteiger partial charge in [-0.15, -0.1) is 0 Å². The van der Waals surface area contributed by atoms with E-state index in [1.54, 1.807) is 36.4 Å². The Bertz CT molecular complexity index is 1100. The number of carbonyl (C=O) groups excluding carboxylic acids is 1. The lowest BCUT2D eigenvalue weighted by Crippen LogP contribution is -2.43. The van der Waals surface area contributed by atoms with Crippen molar-refractivity contribution in [1.82, 2.24) is 10.2 Å². The SMILES string of the molecule is O=C(O)c1ccc(Cc2ccc3ccc(C(=O)NCN4CCOCC4)cc3c2O)cc1. The molecule has 1 saturated heterocycles. The molecule has 1 aliphatic rings. The number of carboxylic acid groups (broad SMARTS) is 1. The number of morpholine rings is 1. The van der Waals surface area contributed by atoms with E-state index in [4.69, 9.17) is 9.84 Å². The highest BCUT2D eigenvalue weighted by molar-refractivity contribution is 6.00. The first-order valence-electron chi connectivity index (χ1n) is 10.2. The van der Waals surface area contributed by atoms with Crippen molar-refractivity contribution in [3.8, 4) is 5.75 Å². The number of aromatic hydroxyl groups is 1. The van der Waals surface area contributed by atoms with Crippen molar-refractivity contribution in [2.45, 2.75) is 6.42 Å². The van der Waals surface area contributed by atoms with Gasteiger partial charge in [-0.2, -0.15) is 0 Å². The van der Waals surface area contributed by atoms with Gasteiger partial charge in [0.15, 0.2) is 0 Å². The summed E-state index contributed by atoms with van der Waals surface area (Å²) in [4.78, 5) is 25.7. The molecular weight excluding hydrogens is 396 g/mol. The minimum atomic E-state index is -0.973. The van der Waals surface area contributed by atoms with Crippen molar-refractivity contribution in [1.29, 1.82) is 0 Å². The standard InChI is InChI=1S/C24H24N2O5/c27-22-19(13-16-1-3-18(4-2-16)24(29)30)7-5-17-6-8-20(14-21(17)22)23(28)25-15-26-9-11-31-12-10-26/h1-8,14,27H,9-13,15H2,(H,25,28)(H,29,30). The van der Waals surface area contributed by atoms with E-state index in [0.29, 0.717) is 42.8 Å². The Labute approximate surface area is 179 Å². The molecular formula is C24H24N2O5. The average Bonchev–Trinajstić information content (AvgIpc) is 2.80. The van der Waals surface area contributed by atoms with Crippen LogP contribution in [0.2, 0.25) is 0 Å². The molecule has 1 fully saturated rings. The van der Waals surface area contributed by atoms with Gasteiger partial charge in [-0.1, -0.05) is 30.3 Å². The summed E-state index contributed by atoms with van der Waals surface area (Å²) in [5.74, 6) is -1.04. The molecule has 1 amide bonds. The first kappa shape index (κ1) is 20.8. The molecule has 7 nitrogen and oxygen atoms in total. The number of amides is 1. The summed E-state index contributed by atoms with van der Waals surface area (Å²) in [7, 11) is 0. The van der Waals surface area contributed by atoms with Crippen molar-refractivity contribution >= 4 is 22.6 Å². The van der Waals surface area contributed by atoms with Crippen LogP contribution in [-0.4, -0.2) is 60.0 Å². The van der Waals surface area contributed by atoms with Gasteiger partial charge in [0.25, 0.3) is 5.91 Å². The number of nitrogens with one attached hydrogen (secondary N) is 1. The third-order valence-electron chi connectivity index (χ3n) is 5.50. The molecule has 0 saturated carbocycles. The number of carboxylic acids is 1. The number of phenolic OH excluding ortho intramolecular Hbond substituents is 1. The lowest BCUT2D eigenvalue weighted by atomic mass is 9.98. The summed E-state index contributed by atoms with van der Waals surface area (Å²) in [6, 6.07) is 15.6. The minimum Gasteiger partial charge on any atom is -0.507 e. The number of hydrogen-bond acceptors (Lipinski definition) is 5. The molecule has 0 aliphatic carbocycles. The van der Waals surface area contributed by atoms with Gasteiger partial charge in [-0.3, -0.25) is 9.69 Å². The van der Waals surface area contributed by atoms with Gasteiger partial charge in [-0.05, 0) is 40.8 Å². The quantitative estimate of drug-likeness (QED) is 0.567. The first-order valence-corrected chi connectivity index (χ1v) is 10.2. The fraction of sp³-hybridized carbons (Fsp3) is 0.250. The molecule has 160 valence electrons. The van der Waals surface area contributed by atoms with E-state index >= 15 is 0 Å². The van der Waals surface area contributed by atoms with Crippen LogP contribution in [0, 0.1) is 0 Å². The third-order valence-corrected chi connectivity index (χ3v) is 5.50. The Kier molecular flexibility index (Phi) is 6.16. The summed E-state index contributed by atoms with van der Waals surface area (Å²) in [5, 5.41) is 24.2. The van der Waals surface area contributed by atoms with Crippen LogP contribution < -0.4 is 5.32 Å². The van der Waals surface area contributed by atoms with Crippen LogP contribution in [0.25, 0.3) is 10.8 Å². The summed E-state index contributed by atoms with van der Waals surface area (Å²) in [6.45, 7) is 3.37. The number of carbonyl (C=O) groups is 2. The van der Waals surface area contributed by atoms with E-state index in [1.807, 2.05) is 18.2 Å². The van der Waals surface area contributed by atoms with E-state index in [-0.39, 0.29) is 17.2 Å². The molecule has 0 aromatic heterocycles. The Morgan fingerprint density at radius 2 is 1.65 bits per heavy atom. The molecule has 0 spiro atoms. The Balaban J connectivity index is 1.52. The zero-order chi connectivity index (χ0) is 21.8. The molecule has 0 bridgehead atoms. The van der Waals surface area contributed by atoms with Gasteiger partial charge in [0, 0.05) is 30.5 Å². The summed E-state index contributed by atoms with van der Waals surface area (Å²) < 4.78 is 5.31. The third kappa shape index (κ3) is 4.84. The number of benzene rings is 3. The summed E-state index contributed by atoms with van der Waals surface area (Å²) in [6.07, 6.45) is 0.453. The number of nitrogens with zero attached hydrogens (tertiary/aromatic N) is 1. The van der Waals surface area contributed by atoms with Crippen LogP contribution in [0.1, 0.15) is 31.8 Å². The largest absolute Gasteiger partial charge is 0.507 e. The molecule has 31 heavy (non-hydrogen) atoms. The number of rotatable bonds is 6. The maximum absolute atomic E-state index is 12.6. The Hall–Kier alpha value is -3.42. The smallest absolute Gasteiger partial charge is 0.335 e. The topological polar surface area (TPSA) is 99.1 Å². The zero-order valence-electron chi connectivity index (χ0n) is 17.0. The van der Waals surface area contributed by atoms with E-state index in [1.165, 1.54) is 0 Å². The lowest BCUT2D eigenvalue weighted by Gasteiger charge is -2.26. The van der Waals surface area contributed by atoms with Gasteiger partial charge in [-0.25, -0.2) is 4.79 Å². The number of aromatic carboxylic acids is 1. The minimum absolute atomic E-state index is 0.127. The zero-order valence-corrected chi connectivity index (χ0v) is 17.0. The molecule has 1 heterocycles. The lowest BCUT2D eigenvalue weighted by molar-refractivity contribution is 0.0334. The monoisotopic (exact) mass is 420 g/mol. The van der Waals surface area contributed by atoms with Gasteiger partial charge in [0.05, 0.1) is 25.4 Å². The molecule has 0 atom stereocenters. The molecule has 1 aliphatic heterocycles. The Morgan fingerprint density at radius 1 is 0.968 bits per heavy atom. The van der Waals surface area contributed by atoms with Crippen molar-refractivity contribution in [2.24, 2.45) is 0 Å². The highest BCUT2D eigenvalue weighted by Gasteiger charge is 2.14. The summed E-state index contributed by atoms with van der Waals surface area (Å²) >= 11 is 0. The van der Waals surface area contributed by atoms with Gasteiger partial charge < -0.3 is 20.3 Å². The predicted octanol–water partition coefficient (Wildman–Crippen LogP) is 2.85. The number of hydrogen-bond donors (Lipinski definition) is 3. The molecule has 3 N–H and O–H groups in total. The second-order valence-electron chi connectivity index (χ2n) is 7.58. The highest BCUT2D eigenvalue weighted by atomic mass is 16.5. The van der Waals surface area contributed by atoms with Gasteiger partial charge in [0.2, 0.25) is 0 Å². The van der Waals surface area contributed by atoms with Gasteiger partial charge >= 0.3 is 5.97 Å². The number of ether oxygens (including phenoxy) is 1. The normalized spacial score (nSPS) is 14.5. The van der Waals surface area contributed by atoms with Crippen LogP contribution >= 0.6 is 0 Å². The fourth-order valence-corrected chi connectivity index (χ4v) is 3.66. The van der Waals surface area contributed by atoms with Crippen molar-refractivity contribution in [3.63, 3.8) is 0 Å². The van der Waals surface area contributed by atoms with Crippen molar-refractivity contribution in [3.05, 3.63) is 76.9 Å². The van der Waals surface area contributed by atoms with Crippen LogP contribution in [0.3, 0.4) is 0 Å². The maximum atomic E-state index is 12.6. The van der Waals surface area contributed by atoms with Crippen molar-refractivity contribution < 1.29 is 24.5 Å². The second kappa shape index (κ2) is 9.16. The van der Waals surface area contributed by atoms with Crippen LogP contribution in [-0.2, 0) is 11.2 Å². The highest BCUT2D eigenvalue weighted by Crippen LogP contribution is 2.31. The van der Waals surface area contributed by atoms with Crippen LogP contribution in [0.4, 0.5) is 0 Å². The molecule has 4 rings (SSSR count). The second-order valence-corrected chi connectivity index (χ2v) is 7.58. The van der Waals surface area contributed by atoms with E-state index in [0.717, 1.165) is 24.0 Å². The van der Waals surface area contributed by atoms with Crippen LogP contribution in [0.5, 0.6) is 5.75 Å². The van der Waals surface area contributed by atoms with E-state index < -0.39 is 5.97 Å². The summed E-state index contributed by atoms with van der Waals surface area (Å²) in [5.41, 5.74) is 2.30. The number of fused-ring (bicyclic) bond motifs is 1. The average molecular weight is 420 g/mol. The fourth-order valence-electron chi connectivity index (χ4n) is 3.66. The predicted molar refractivity (Wildman–Crippen MR) is 117 cm³/mol. The molecule has 0 radical (unpaired) electrons. The molecule has 7 heteroatoms. The maximum Gasteiger partial charge on any atom is 0.335 e. The number of phenols is 1.